The smallest absolute Gasteiger partial charge is 0.0950 e. The molecule has 1 aromatic carbocycles. The minimum atomic E-state index is 0.199. The molecule has 2 aromatic rings. The number of hydrogen-bond acceptors (Lipinski definition) is 1. The summed E-state index contributed by atoms with van der Waals surface area (Å²) in [5, 5.41) is 8.36. The van der Waals surface area contributed by atoms with Crippen LogP contribution in [0.2, 0.25) is 0 Å². The zero-order valence-corrected chi connectivity index (χ0v) is 7.17. The van der Waals surface area contributed by atoms with Crippen molar-refractivity contribution in [3.05, 3.63) is 36.0 Å². The largest absolute Gasteiger partial charge is 0.387 e. The van der Waals surface area contributed by atoms with Gasteiger partial charge in [-0.15, -0.1) is 0 Å². The van der Waals surface area contributed by atoms with Gasteiger partial charge >= 0.3 is 0 Å². The number of hydrogen-bond donors (Lipinski definition) is 3. The van der Waals surface area contributed by atoms with Crippen molar-refractivity contribution in [3.8, 4) is 0 Å². The van der Waals surface area contributed by atoms with Gasteiger partial charge in [0.25, 0.3) is 0 Å². The van der Waals surface area contributed by atoms with Crippen LogP contribution in [0.4, 0.5) is 0 Å². The molecule has 0 spiro atoms. The van der Waals surface area contributed by atoms with Crippen LogP contribution in [0.5, 0.6) is 0 Å². The van der Waals surface area contributed by atoms with Crippen molar-refractivity contribution in [1.82, 2.24) is 4.98 Å². The molecule has 4 N–H and O–H groups in total. The van der Waals surface area contributed by atoms with E-state index in [2.05, 4.69) is 4.98 Å². The average Bonchev–Trinajstić information content (AvgIpc) is 2.48. The first-order valence-electron chi connectivity index (χ1n) is 4.15. The molecule has 0 bridgehead atoms. The third kappa shape index (κ3) is 1.40. The lowest BCUT2D eigenvalue weighted by atomic mass is 10.1. The van der Waals surface area contributed by atoms with E-state index < -0.39 is 0 Å². The molecule has 0 aliphatic heterocycles. The third-order valence-corrected chi connectivity index (χ3v) is 2.06. The van der Waals surface area contributed by atoms with Crippen LogP contribution in [0, 0.1) is 5.41 Å². The zero-order chi connectivity index (χ0) is 9.26. The van der Waals surface area contributed by atoms with Crippen LogP contribution in [0.15, 0.2) is 30.5 Å². The summed E-state index contributed by atoms with van der Waals surface area (Å²) in [7, 11) is 0. The fourth-order valence-corrected chi connectivity index (χ4v) is 1.48. The normalized spacial score (nSPS) is 10.5. The number of aromatic amines is 1. The average molecular weight is 173 g/mol. The van der Waals surface area contributed by atoms with Gasteiger partial charge in [-0.3, -0.25) is 5.41 Å². The predicted molar refractivity (Wildman–Crippen MR) is 53.9 cm³/mol. The van der Waals surface area contributed by atoms with Crippen molar-refractivity contribution in [3.63, 3.8) is 0 Å². The summed E-state index contributed by atoms with van der Waals surface area (Å²) in [5.41, 5.74) is 7.53. The minimum absolute atomic E-state index is 0.199. The highest BCUT2D eigenvalue weighted by Gasteiger charge is 2.02. The van der Waals surface area contributed by atoms with Crippen LogP contribution in [0.25, 0.3) is 10.9 Å². The number of benzene rings is 1. The predicted octanol–water partition coefficient (Wildman–Crippen LogP) is 1.65. The molecule has 0 saturated heterocycles. The molecule has 0 saturated carbocycles. The summed E-state index contributed by atoms with van der Waals surface area (Å²) < 4.78 is 0. The van der Waals surface area contributed by atoms with E-state index in [0.29, 0.717) is 6.42 Å². The second kappa shape index (κ2) is 2.94. The van der Waals surface area contributed by atoms with E-state index in [9.17, 15) is 0 Å². The highest BCUT2D eigenvalue weighted by Crippen LogP contribution is 2.17. The van der Waals surface area contributed by atoms with Gasteiger partial charge in [-0.05, 0) is 11.6 Å². The van der Waals surface area contributed by atoms with Crippen LogP contribution in [0.1, 0.15) is 5.56 Å². The summed E-state index contributed by atoms with van der Waals surface area (Å²) in [6.07, 6.45) is 2.43. The molecule has 13 heavy (non-hydrogen) atoms. The van der Waals surface area contributed by atoms with Gasteiger partial charge in [-0.25, -0.2) is 0 Å². The van der Waals surface area contributed by atoms with Crippen LogP contribution in [-0.2, 0) is 6.42 Å². The van der Waals surface area contributed by atoms with Gasteiger partial charge < -0.3 is 10.7 Å². The van der Waals surface area contributed by atoms with E-state index in [1.54, 1.807) is 0 Å². The summed E-state index contributed by atoms with van der Waals surface area (Å²) in [4.78, 5) is 3.14. The van der Waals surface area contributed by atoms with Gasteiger partial charge in [0.1, 0.15) is 0 Å². The molecule has 0 aliphatic rings. The van der Waals surface area contributed by atoms with Crippen LogP contribution in [-0.4, -0.2) is 10.8 Å². The molecule has 0 radical (unpaired) electrons. The minimum Gasteiger partial charge on any atom is -0.387 e. The lowest BCUT2D eigenvalue weighted by molar-refractivity contribution is 1.26. The number of aromatic nitrogens is 1. The first kappa shape index (κ1) is 7.86. The SMILES string of the molecule is N=C(N)Cc1c[nH]c2ccccc12. The van der Waals surface area contributed by atoms with Crippen LogP contribution >= 0.6 is 0 Å². The quantitative estimate of drug-likeness (QED) is 0.469. The van der Waals surface area contributed by atoms with Gasteiger partial charge in [0.15, 0.2) is 0 Å². The molecule has 1 heterocycles. The fraction of sp³-hybridized carbons (Fsp3) is 0.100. The zero-order valence-electron chi connectivity index (χ0n) is 7.17. The first-order valence-corrected chi connectivity index (χ1v) is 4.15. The monoisotopic (exact) mass is 173 g/mol. The molecule has 0 unspecified atom stereocenters. The Morgan fingerprint density at radius 3 is 2.92 bits per heavy atom. The van der Waals surface area contributed by atoms with Crippen molar-refractivity contribution in [2.75, 3.05) is 0 Å². The maximum absolute atomic E-state index is 7.21. The number of H-pyrrole nitrogens is 1. The Hall–Kier alpha value is -1.77. The topological polar surface area (TPSA) is 65.7 Å². The van der Waals surface area contributed by atoms with Gasteiger partial charge in [-0.2, -0.15) is 0 Å². The van der Waals surface area contributed by atoms with Crippen molar-refractivity contribution in [2.45, 2.75) is 6.42 Å². The van der Waals surface area contributed by atoms with Gasteiger partial charge in [-0.1, -0.05) is 18.2 Å². The second-order valence-corrected chi connectivity index (χ2v) is 3.06. The second-order valence-electron chi connectivity index (χ2n) is 3.06. The Bertz CT molecular complexity index is 442. The van der Waals surface area contributed by atoms with Gasteiger partial charge in [0.05, 0.1) is 5.84 Å². The number of nitrogens with one attached hydrogen (secondary N) is 2. The highest BCUT2D eigenvalue weighted by molar-refractivity contribution is 5.89. The summed E-state index contributed by atoms with van der Waals surface area (Å²) in [6.45, 7) is 0. The molecule has 66 valence electrons. The van der Waals surface area contributed by atoms with Gasteiger partial charge in [0.2, 0.25) is 0 Å². The summed E-state index contributed by atoms with van der Waals surface area (Å²) in [5.74, 6) is 0.199. The van der Waals surface area contributed by atoms with E-state index >= 15 is 0 Å². The van der Waals surface area contributed by atoms with E-state index in [4.69, 9.17) is 11.1 Å². The number of amidine groups is 1. The molecule has 3 nitrogen and oxygen atoms in total. The number of fused-ring (bicyclic) bond motifs is 1. The van der Waals surface area contributed by atoms with Crippen molar-refractivity contribution < 1.29 is 0 Å². The summed E-state index contributed by atoms with van der Waals surface area (Å²) in [6, 6.07) is 8.01. The summed E-state index contributed by atoms with van der Waals surface area (Å²) >= 11 is 0. The lowest BCUT2D eigenvalue weighted by Crippen LogP contribution is -2.12. The Kier molecular flexibility index (Phi) is 1.77. The maximum atomic E-state index is 7.21. The Morgan fingerprint density at radius 1 is 1.38 bits per heavy atom. The molecule has 2 rings (SSSR count). The number of para-hydroxylation sites is 1. The van der Waals surface area contributed by atoms with Crippen molar-refractivity contribution in [2.24, 2.45) is 5.73 Å². The molecule has 1 aromatic heterocycles. The Morgan fingerprint density at radius 2 is 2.15 bits per heavy atom. The van der Waals surface area contributed by atoms with Crippen molar-refractivity contribution >= 4 is 16.7 Å². The first-order chi connectivity index (χ1) is 6.27. The molecule has 0 fully saturated rings. The third-order valence-electron chi connectivity index (χ3n) is 2.06. The lowest BCUT2D eigenvalue weighted by Gasteiger charge is -1.95. The molecule has 3 heteroatoms. The fourth-order valence-electron chi connectivity index (χ4n) is 1.48. The molecule has 0 atom stereocenters. The van der Waals surface area contributed by atoms with E-state index in [0.717, 1.165) is 16.5 Å². The standard InChI is InChI=1S/C10H11N3/c11-10(12)5-7-6-13-9-4-2-1-3-8(7)9/h1-4,6,13H,5H2,(H3,11,12). The van der Waals surface area contributed by atoms with Gasteiger partial charge in [0, 0.05) is 23.5 Å². The van der Waals surface area contributed by atoms with Crippen LogP contribution < -0.4 is 5.73 Å². The van der Waals surface area contributed by atoms with E-state index in [1.165, 1.54) is 0 Å². The van der Waals surface area contributed by atoms with E-state index in [-0.39, 0.29) is 5.84 Å². The van der Waals surface area contributed by atoms with E-state index in [1.807, 2.05) is 30.5 Å². The number of rotatable bonds is 2. The Balaban J connectivity index is 2.51. The molecular formula is C10H11N3. The van der Waals surface area contributed by atoms with Crippen LogP contribution in [0.3, 0.4) is 0 Å². The number of nitrogens with two attached hydrogens (primary N) is 1. The Labute approximate surface area is 76.1 Å². The molecule has 0 amide bonds. The maximum Gasteiger partial charge on any atom is 0.0950 e. The van der Waals surface area contributed by atoms with Crippen molar-refractivity contribution in [1.29, 1.82) is 5.41 Å². The molecule has 0 aliphatic carbocycles. The highest BCUT2D eigenvalue weighted by atomic mass is 14.7. The molecular weight excluding hydrogens is 162 g/mol.